The molecule has 0 fully saturated rings. The van der Waals surface area contributed by atoms with Crippen molar-refractivity contribution in [2.75, 3.05) is 47.0 Å². The number of esters is 1. The van der Waals surface area contributed by atoms with E-state index in [4.69, 9.17) is 18.9 Å². The van der Waals surface area contributed by atoms with Crippen molar-refractivity contribution in [1.82, 2.24) is 10.2 Å². The quantitative estimate of drug-likeness (QED) is 0.539. The first kappa shape index (κ1) is 25.6. The van der Waals surface area contributed by atoms with Crippen LogP contribution in [0.15, 0.2) is 36.4 Å². The van der Waals surface area contributed by atoms with Crippen LogP contribution >= 0.6 is 11.8 Å². The van der Waals surface area contributed by atoms with E-state index >= 15 is 0 Å². The molecule has 1 aliphatic rings. The lowest BCUT2D eigenvalue weighted by Crippen LogP contribution is -2.51. The number of fused-ring (bicyclic) bond motifs is 1. The number of carbonyl (C=O) groups is 2. The predicted molar refractivity (Wildman–Crippen MR) is 132 cm³/mol. The molecule has 0 radical (unpaired) electrons. The molecular formula is C25H32N2O6S. The number of benzene rings is 2. The Balaban J connectivity index is 2.01. The van der Waals surface area contributed by atoms with Crippen LogP contribution in [-0.2, 0) is 16.0 Å². The molecule has 2 aromatic carbocycles. The normalized spacial score (nSPS) is 15.7. The van der Waals surface area contributed by atoms with Gasteiger partial charge in [-0.1, -0.05) is 12.1 Å². The van der Waals surface area contributed by atoms with Crippen molar-refractivity contribution in [3.8, 4) is 17.2 Å². The SMILES string of the molecule is COC(=O)C(CCSC)NC(=O)N1CCc2cc(OC)c(OC)cc2C1c1ccc(OC)cc1. The average Bonchev–Trinajstić information content (AvgIpc) is 2.88. The third-order valence-corrected chi connectivity index (χ3v) is 6.60. The molecule has 0 aliphatic carbocycles. The molecule has 0 saturated heterocycles. The molecule has 9 heteroatoms. The number of rotatable bonds is 9. The van der Waals surface area contributed by atoms with Gasteiger partial charge < -0.3 is 29.2 Å². The van der Waals surface area contributed by atoms with E-state index in [-0.39, 0.29) is 12.1 Å². The van der Waals surface area contributed by atoms with Gasteiger partial charge in [0.05, 0.1) is 34.5 Å². The molecule has 0 bridgehead atoms. The maximum atomic E-state index is 13.5. The first-order valence-corrected chi connectivity index (χ1v) is 12.4. The van der Waals surface area contributed by atoms with Crippen molar-refractivity contribution < 1.29 is 28.5 Å². The summed E-state index contributed by atoms with van der Waals surface area (Å²) in [6.07, 6.45) is 3.09. The first-order chi connectivity index (χ1) is 16.5. The number of urea groups is 1. The molecule has 184 valence electrons. The zero-order valence-electron chi connectivity index (χ0n) is 20.3. The fraction of sp³-hybridized carbons (Fsp3) is 0.440. The molecule has 1 heterocycles. The minimum Gasteiger partial charge on any atom is -0.497 e. The summed E-state index contributed by atoms with van der Waals surface area (Å²) in [5, 5.41) is 2.89. The Kier molecular flexibility index (Phi) is 8.92. The number of hydrogen-bond donors (Lipinski definition) is 1. The molecule has 8 nitrogen and oxygen atoms in total. The molecule has 3 rings (SSSR count). The second-order valence-corrected chi connectivity index (χ2v) is 8.82. The van der Waals surface area contributed by atoms with Gasteiger partial charge in [0.15, 0.2) is 11.5 Å². The van der Waals surface area contributed by atoms with Gasteiger partial charge in [0, 0.05) is 6.54 Å². The molecule has 0 saturated carbocycles. The summed E-state index contributed by atoms with van der Waals surface area (Å²) in [5.74, 6) is 2.24. The van der Waals surface area contributed by atoms with E-state index in [1.165, 1.54) is 7.11 Å². The molecule has 2 unspecified atom stereocenters. The Hall–Kier alpha value is -3.07. The summed E-state index contributed by atoms with van der Waals surface area (Å²) in [4.78, 5) is 27.6. The number of nitrogens with zero attached hydrogens (tertiary/aromatic N) is 1. The average molecular weight is 489 g/mol. The predicted octanol–water partition coefficient (Wildman–Crippen LogP) is 3.66. The zero-order chi connectivity index (χ0) is 24.7. The smallest absolute Gasteiger partial charge is 0.328 e. The largest absolute Gasteiger partial charge is 0.497 e. The van der Waals surface area contributed by atoms with Gasteiger partial charge in [-0.15, -0.1) is 0 Å². The van der Waals surface area contributed by atoms with Gasteiger partial charge in [-0.05, 0) is 65.8 Å². The molecule has 0 aromatic heterocycles. The number of hydrogen-bond acceptors (Lipinski definition) is 7. The summed E-state index contributed by atoms with van der Waals surface area (Å²) >= 11 is 1.61. The highest BCUT2D eigenvalue weighted by atomic mass is 32.2. The lowest BCUT2D eigenvalue weighted by molar-refractivity contribution is -0.142. The van der Waals surface area contributed by atoms with Crippen LogP contribution in [0.2, 0.25) is 0 Å². The van der Waals surface area contributed by atoms with E-state index in [1.54, 1.807) is 38.0 Å². The number of carbonyl (C=O) groups excluding carboxylic acids is 2. The van der Waals surface area contributed by atoms with Gasteiger partial charge in [0.2, 0.25) is 0 Å². The van der Waals surface area contributed by atoms with Crippen molar-refractivity contribution >= 4 is 23.8 Å². The van der Waals surface area contributed by atoms with Gasteiger partial charge in [-0.3, -0.25) is 0 Å². The Morgan fingerprint density at radius 2 is 1.74 bits per heavy atom. The van der Waals surface area contributed by atoms with Gasteiger partial charge in [-0.25, -0.2) is 9.59 Å². The number of amides is 2. The van der Waals surface area contributed by atoms with Crippen LogP contribution in [0.3, 0.4) is 0 Å². The summed E-state index contributed by atoms with van der Waals surface area (Å²) in [6.45, 7) is 0.474. The third kappa shape index (κ3) is 5.52. The van der Waals surface area contributed by atoms with Crippen LogP contribution in [-0.4, -0.2) is 69.9 Å². The second-order valence-electron chi connectivity index (χ2n) is 7.83. The Bertz CT molecular complexity index is 998. The fourth-order valence-corrected chi connectivity index (χ4v) is 4.64. The van der Waals surface area contributed by atoms with Crippen molar-refractivity contribution in [2.45, 2.75) is 24.9 Å². The highest BCUT2D eigenvalue weighted by Gasteiger charge is 2.35. The number of thioether (sulfide) groups is 1. The van der Waals surface area contributed by atoms with Crippen LogP contribution in [0.1, 0.15) is 29.2 Å². The molecule has 2 amide bonds. The monoisotopic (exact) mass is 488 g/mol. The Morgan fingerprint density at radius 3 is 2.32 bits per heavy atom. The summed E-state index contributed by atoms with van der Waals surface area (Å²) < 4.78 is 21.3. The topological polar surface area (TPSA) is 86.3 Å². The standard InChI is InChI=1S/C25H32N2O6S/c1-30-18-8-6-16(7-9-18)23-19-15-22(32-3)21(31-2)14-17(19)10-12-27(23)25(29)26-20(11-13-34-5)24(28)33-4/h6-9,14-15,20,23H,10-13H2,1-5H3,(H,26,29). The number of methoxy groups -OCH3 is 4. The zero-order valence-corrected chi connectivity index (χ0v) is 21.1. The molecule has 2 aromatic rings. The maximum absolute atomic E-state index is 13.5. The van der Waals surface area contributed by atoms with E-state index in [0.29, 0.717) is 30.9 Å². The molecular weight excluding hydrogens is 456 g/mol. The Morgan fingerprint density at radius 1 is 1.06 bits per heavy atom. The van der Waals surface area contributed by atoms with Crippen LogP contribution < -0.4 is 19.5 Å². The first-order valence-electron chi connectivity index (χ1n) is 11.0. The fourth-order valence-electron chi connectivity index (χ4n) is 4.17. The van der Waals surface area contributed by atoms with E-state index < -0.39 is 12.0 Å². The number of nitrogens with one attached hydrogen (secondary N) is 1. The maximum Gasteiger partial charge on any atom is 0.328 e. The molecule has 0 spiro atoms. The summed E-state index contributed by atoms with van der Waals surface area (Å²) in [5.41, 5.74) is 2.94. The van der Waals surface area contributed by atoms with Crippen molar-refractivity contribution in [2.24, 2.45) is 0 Å². The minimum absolute atomic E-state index is 0.322. The minimum atomic E-state index is -0.715. The molecule has 1 aliphatic heterocycles. The summed E-state index contributed by atoms with van der Waals surface area (Å²) in [6, 6.07) is 10.1. The molecule has 34 heavy (non-hydrogen) atoms. The van der Waals surface area contributed by atoms with Gasteiger partial charge >= 0.3 is 12.0 Å². The van der Waals surface area contributed by atoms with E-state index in [2.05, 4.69) is 5.32 Å². The van der Waals surface area contributed by atoms with Gasteiger partial charge in [0.25, 0.3) is 0 Å². The van der Waals surface area contributed by atoms with Crippen LogP contribution in [0.4, 0.5) is 4.79 Å². The van der Waals surface area contributed by atoms with Crippen LogP contribution in [0.25, 0.3) is 0 Å². The van der Waals surface area contributed by atoms with E-state index in [0.717, 1.165) is 28.2 Å². The highest BCUT2D eigenvalue weighted by Crippen LogP contribution is 2.41. The van der Waals surface area contributed by atoms with Crippen LogP contribution in [0.5, 0.6) is 17.2 Å². The second kappa shape index (κ2) is 11.9. The van der Waals surface area contributed by atoms with Crippen molar-refractivity contribution in [3.05, 3.63) is 53.1 Å². The van der Waals surface area contributed by atoms with Gasteiger partial charge in [-0.2, -0.15) is 11.8 Å². The van der Waals surface area contributed by atoms with E-state index in [1.807, 2.05) is 42.7 Å². The molecule has 2 atom stereocenters. The van der Waals surface area contributed by atoms with Crippen molar-refractivity contribution in [3.63, 3.8) is 0 Å². The Labute approximate surface area is 204 Å². The summed E-state index contributed by atoms with van der Waals surface area (Å²) in [7, 11) is 6.14. The highest BCUT2D eigenvalue weighted by molar-refractivity contribution is 7.98. The van der Waals surface area contributed by atoms with Gasteiger partial charge in [0.1, 0.15) is 11.8 Å². The lowest BCUT2D eigenvalue weighted by Gasteiger charge is -2.38. The third-order valence-electron chi connectivity index (χ3n) is 5.96. The van der Waals surface area contributed by atoms with Crippen LogP contribution in [0, 0.1) is 0 Å². The number of ether oxygens (including phenoxy) is 4. The lowest BCUT2D eigenvalue weighted by atomic mass is 9.87. The van der Waals surface area contributed by atoms with E-state index in [9.17, 15) is 9.59 Å². The molecule has 1 N–H and O–H groups in total. The van der Waals surface area contributed by atoms with Crippen molar-refractivity contribution in [1.29, 1.82) is 0 Å².